The summed E-state index contributed by atoms with van der Waals surface area (Å²) in [6, 6.07) is 2.32. The van der Waals surface area contributed by atoms with Crippen LogP contribution in [0.1, 0.15) is 6.92 Å². The number of hydrogen-bond acceptors (Lipinski definition) is 2. The van der Waals surface area contributed by atoms with Crippen LogP contribution < -0.4 is 4.72 Å². The van der Waals surface area contributed by atoms with E-state index in [1.807, 2.05) is 6.92 Å². The van der Waals surface area contributed by atoms with E-state index in [-0.39, 0.29) is 12.5 Å². The van der Waals surface area contributed by atoms with E-state index in [2.05, 4.69) is 20.7 Å². The van der Waals surface area contributed by atoms with E-state index in [9.17, 15) is 17.2 Å². The summed E-state index contributed by atoms with van der Waals surface area (Å²) < 4.78 is 51.8. The van der Waals surface area contributed by atoms with Gasteiger partial charge in [0.1, 0.15) is 16.5 Å². The van der Waals surface area contributed by atoms with Gasteiger partial charge in [0, 0.05) is 11.9 Å². The van der Waals surface area contributed by atoms with Crippen molar-refractivity contribution in [1.29, 1.82) is 0 Å². The fraction of sp³-hybridized carbons (Fsp3) is 0.400. The fourth-order valence-electron chi connectivity index (χ4n) is 1.07. The van der Waals surface area contributed by atoms with Crippen LogP contribution in [0.25, 0.3) is 0 Å². The molecule has 1 atom stereocenters. The monoisotopic (exact) mass is 327 g/mol. The van der Waals surface area contributed by atoms with Gasteiger partial charge in [0.05, 0.1) is 0 Å². The number of rotatable bonds is 5. The Morgan fingerprint density at radius 2 is 2.06 bits per heavy atom. The zero-order chi connectivity index (χ0) is 13.1. The second-order valence-corrected chi connectivity index (χ2v) is 6.07. The Kier molecular flexibility index (Phi) is 5.03. The molecule has 7 heteroatoms. The van der Waals surface area contributed by atoms with Gasteiger partial charge < -0.3 is 0 Å². The Morgan fingerprint density at radius 1 is 1.41 bits per heavy atom. The van der Waals surface area contributed by atoms with Gasteiger partial charge in [0.25, 0.3) is 0 Å². The van der Waals surface area contributed by atoms with Crippen molar-refractivity contribution < 1.29 is 17.2 Å². The standard InChI is InChI=1S/C10H12BrF2NO2S/c1-7(5-11)6-14-17(15,16)10-4-8(12)2-3-9(10)13/h2-4,7,14H,5-6H2,1H3. The van der Waals surface area contributed by atoms with Gasteiger partial charge in [-0.1, -0.05) is 22.9 Å². The summed E-state index contributed by atoms with van der Waals surface area (Å²) >= 11 is 3.20. The van der Waals surface area contributed by atoms with Gasteiger partial charge in [0.15, 0.2) is 0 Å². The third kappa shape index (κ3) is 4.01. The van der Waals surface area contributed by atoms with Crippen molar-refractivity contribution in [3.05, 3.63) is 29.8 Å². The maximum Gasteiger partial charge on any atom is 0.243 e. The van der Waals surface area contributed by atoms with Crippen molar-refractivity contribution in [1.82, 2.24) is 4.72 Å². The predicted octanol–water partition coefficient (Wildman–Crippen LogP) is 2.27. The summed E-state index contributed by atoms with van der Waals surface area (Å²) in [6.07, 6.45) is 0. The quantitative estimate of drug-likeness (QED) is 0.843. The number of halogens is 3. The summed E-state index contributed by atoms with van der Waals surface area (Å²) in [7, 11) is -4.00. The molecule has 0 aliphatic heterocycles. The molecule has 0 amide bonds. The number of nitrogens with one attached hydrogen (secondary N) is 1. The van der Waals surface area contributed by atoms with E-state index in [1.54, 1.807) is 0 Å². The molecule has 0 radical (unpaired) electrons. The topological polar surface area (TPSA) is 46.2 Å². The van der Waals surface area contributed by atoms with Crippen molar-refractivity contribution in [2.45, 2.75) is 11.8 Å². The number of hydrogen-bond donors (Lipinski definition) is 1. The largest absolute Gasteiger partial charge is 0.243 e. The first-order valence-corrected chi connectivity index (χ1v) is 7.48. The third-order valence-electron chi connectivity index (χ3n) is 2.07. The average molecular weight is 328 g/mol. The van der Waals surface area contributed by atoms with Crippen molar-refractivity contribution in [2.24, 2.45) is 5.92 Å². The SMILES string of the molecule is CC(CBr)CNS(=O)(=O)c1cc(F)ccc1F. The molecule has 0 aromatic heterocycles. The number of alkyl halides is 1. The lowest BCUT2D eigenvalue weighted by molar-refractivity contribution is 0.537. The minimum absolute atomic E-state index is 0.0568. The van der Waals surface area contributed by atoms with Crippen LogP contribution in [0.5, 0.6) is 0 Å². The highest BCUT2D eigenvalue weighted by Crippen LogP contribution is 2.15. The van der Waals surface area contributed by atoms with Crippen LogP contribution in [-0.2, 0) is 10.0 Å². The first kappa shape index (κ1) is 14.5. The van der Waals surface area contributed by atoms with E-state index >= 15 is 0 Å². The lowest BCUT2D eigenvalue weighted by atomic mass is 10.2. The average Bonchev–Trinajstić information content (AvgIpc) is 2.29. The molecule has 96 valence electrons. The van der Waals surface area contributed by atoms with Gasteiger partial charge in [-0.15, -0.1) is 0 Å². The molecule has 1 aromatic rings. The molecule has 1 N–H and O–H groups in total. The number of benzene rings is 1. The van der Waals surface area contributed by atoms with Gasteiger partial charge in [-0.25, -0.2) is 21.9 Å². The molecule has 0 saturated carbocycles. The van der Waals surface area contributed by atoms with Crippen LogP contribution in [0.4, 0.5) is 8.78 Å². The second-order valence-electron chi connectivity index (χ2n) is 3.69. The van der Waals surface area contributed by atoms with E-state index in [0.717, 1.165) is 12.1 Å². The first-order valence-electron chi connectivity index (χ1n) is 4.87. The summed E-state index contributed by atoms with van der Waals surface area (Å²) in [6.45, 7) is 1.97. The van der Waals surface area contributed by atoms with Crippen LogP contribution in [0.15, 0.2) is 23.1 Å². The van der Waals surface area contributed by atoms with Gasteiger partial charge in [-0.3, -0.25) is 0 Å². The van der Waals surface area contributed by atoms with Crippen molar-refractivity contribution in [2.75, 3.05) is 11.9 Å². The molecular formula is C10H12BrF2NO2S. The molecule has 0 heterocycles. The zero-order valence-electron chi connectivity index (χ0n) is 9.08. The molecule has 0 fully saturated rings. The Labute approximate surface area is 107 Å². The highest BCUT2D eigenvalue weighted by molar-refractivity contribution is 9.09. The minimum atomic E-state index is -4.00. The molecule has 0 aliphatic rings. The Balaban J connectivity index is 2.93. The normalized spacial score (nSPS) is 13.6. The third-order valence-corrected chi connectivity index (χ3v) is 4.61. The van der Waals surface area contributed by atoms with Crippen LogP contribution >= 0.6 is 15.9 Å². The maximum atomic E-state index is 13.3. The molecule has 0 spiro atoms. The molecule has 0 aliphatic carbocycles. The van der Waals surface area contributed by atoms with Gasteiger partial charge in [0.2, 0.25) is 10.0 Å². The Bertz CT molecular complexity index is 493. The second kappa shape index (κ2) is 5.88. The van der Waals surface area contributed by atoms with E-state index in [4.69, 9.17) is 0 Å². The summed E-state index contributed by atoms with van der Waals surface area (Å²) in [5.74, 6) is -1.70. The smallest absolute Gasteiger partial charge is 0.211 e. The Hall–Kier alpha value is -0.530. The summed E-state index contributed by atoms with van der Waals surface area (Å²) in [5.41, 5.74) is 0. The van der Waals surface area contributed by atoms with E-state index in [1.165, 1.54) is 0 Å². The zero-order valence-corrected chi connectivity index (χ0v) is 11.5. The van der Waals surface area contributed by atoms with Crippen LogP contribution in [0, 0.1) is 17.6 Å². The molecule has 1 rings (SSSR count). The predicted molar refractivity (Wildman–Crippen MR) is 64.5 cm³/mol. The molecule has 1 unspecified atom stereocenters. The molecule has 1 aromatic carbocycles. The summed E-state index contributed by atoms with van der Waals surface area (Å²) in [5, 5.41) is 0.612. The first-order chi connectivity index (χ1) is 7.86. The molecule has 0 saturated heterocycles. The number of sulfonamides is 1. The van der Waals surface area contributed by atoms with Gasteiger partial charge in [-0.2, -0.15) is 0 Å². The molecular weight excluding hydrogens is 316 g/mol. The highest BCUT2D eigenvalue weighted by Gasteiger charge is 2.20. The van der Waals surface area contributed by atoms with Gasteiger partial charge in [-0.05, 0) is 24.1 Å². The maximum absolute atomic E-state index is 13.3. The van der Waals surface area contributed by atoms with Crippen LogP contribution in [0.3, 0.4) is 0 Å². The lowest BCUT2D eigenvalue weighted by Crippen LogP contribution is -2.29. The summed E-state index contributed by atoms with van der Waals surface area (Å²) in [4.78, 5) is -0.667. The molecule has 3 nitrogen and oxygen atoms in total. The van der Waals surface area contributed by atoms with Crippen LogP contribution in [0.2, 0.25) is 0 Å². The molecule has 17 heavy (non-hydrogen) atoms. The van der Waals surface area contributed by atoms with Gasteiger partial charge >= 0.3 is 0 Å². The fourth-order valence-corrected chi connectivity index (χ4v) is 2.55. The van der Waals surface area contributed by atoms with Crippen molar-refractivity contribution in [3.8, 4) is 0 Å². The Morgan fingerprint density at radius 3 is 2.65 bits per heavy atom. The van der Waals surface area contributed by atoms with E-state index < -0.39 is 26.6 Å². The lowest BCUT2D eigenvalue weighted by Gasteiger charge is -2.10. The highest BCUT2D eigenvalue weighted by atomic mass is 79.9. The van der Waals surface area contributed by atoms with Crippen molar-refractivity contribution >= 4 is 26.0 Å². The van der Waals surface area contributed by atoms with E-state index in [0.29, 0.717) is 11.4 Å². The van der Waals surface area contributed by atoms with Crippen LogP contribution in [-0.4, -0.2) is 20.3 Å². The molecule has 0 bridgehead atoms. The van der Waals surface area contributed by atoms with Crippen molar-refractivity contribution in [3.63, 3.8) is 0 Å². The minimum Gasteiger partial charge on any atom is -0.211 e.